The van der Waals surface area contributed by atoms with Crippen molar-refractivity contribution >= 4 is 10.0 Å². The normalized spacial score (nSPS) is 17.3. The van der Waals surface area contributed by atoms with E-state index in [2.05, 4.69) is 136 Å². The first-order chi connectivity index (χ1) is 67.8. The zero-order valence-electron chi connectivity index (χ0n) is 79.9. The van der Waals surface area contributed by atoms with Gasteiger partial charge in [-0.05, 0) is 290 Å². The van der Waals surface area contributed by atoms with Gasteiger partial charge in [0.05, 0.1) is 17.0 Å². The summed E-state index contributed by atoms with van der Waals surface area (Å²) < 4.78 is 134. The monoisotopic (exact) mass is 1900 g/mol. The van der Waals surface area contributed by atoms with Crippen molar-refractivity contribution in [3.63, 3.8) is 0 Å². The van der Waals surface area contributed by atoms with E-state index in [1.54, 1.807) is 54.6 Å². The molecule has 0 radical (unpaired) electrons. The maximum atomic E-state index is 13.5. The molecule has 4 aliphatic carbocycles. The average molecular weight is 1900 g/mol. The van der Waals surface area contributed by atoms with Gasteiger partial charge in [-0.3, -0.25) is 14.7 Å². The zero-order valence-corrected chi connectivity index (χ0v) is 80.7. The molecule has 17 heteroatoms. The van der Waals surface area contributed by atoms with Crippen molar-refractivity contribution < 1.29 is 53.8 Å². The average Bonchev–Trinajstić information content (AvgIpc) is 0.774. The third-order valence-corrected chi connectivity index (χ3v) is 31.9. The number of likely N-dealkylation sites (tertiary alicyclic amines) is 1. The summed E-state index contributed by atoms with van der Waals surface area (Å²) >= 11 is 0. The van der Waals surface area contributed by atoms with Gasteiger partial charge in [0.15, 0.2) is 0 Å². The number of halogens is 8. The SMILES string of the molecule is Fc1ccc(C(c2ccc(F)cc2)C2CCCCC2)cc1.Fc1ccc(C(c2ccc(F)cc2)N2CCN(C3CCCCC3)CC2)cc1.O=S(=O)(c1ccccc1)N1CCC(C(O)(c2ccc(F)cc2)c2ccc(F)cc2)CC1.OC(c1ccc(F)cc1)(c1ccc(F)cc1)C1CCCCC1.c1ccc(C(c2ccccc2)C2CCCCC2)cc1.c1ccc(C(c2ccccc2)N2CCCCC2)cc1. The minimum atomic E-state index is -3.62. The first-order valence-corrected chi connectivity index (χ1v) is 52.2. The van der Waals surface area contributed by atoms with E-state index in [0.717, 1.165) is 86.1 Å². The van der Waals surface area contributed by atoms with Crippen molar-refractivity contribution in [2.24, 2.45) is 23.7 Å². The van der Waals surface area contributed by atoms with Crippen LogP contribution in [0.2, 0.25) is 0 Å². The molecule has 0 bridgehead atoms. The minimum Gasteiger partial charge on any atom is -0.380 e. The van der Waals surface area contributed by atoms with Crippen LogP contribution in [0.1, 0.15) is 251 Å². The Bertz CT molecular complexity index is 5510. The maximum Gasteiger partial charge on any atom is 0.243 e. The van der Waals surface area contributed by atoms with Crippen LogP contribution in [-0.4, -0.2) is 96.0 Å². The summed E-state index contributed by atoms with van der Waals surface area (Å²) in [5.41, 5.74) is 9.83. The molecule has 4 saturated carbocycles. The lowest BCUT2D eigenvalue weighted by Crippen LogP contribution is -2.51. The molecule has 0 spiro atoms. The van der Waals surface area contributed by atoms with E-state index in [1.807, 2.05) is 48.5 Å². The van der Waals surface area contributed by atoms with E-state index in [-0.39, 0.29) is 76.7 Å². The molecular weight excluding hydrogens is 1770 g/mol. The summed E-state index contributed by atoms with van der Waals surface area (Å²) in [6, 6.07) is 104. The molecule has 20 rings (SSSR count). The predicted molar refractivity (Wildman–Crippen MR) is 543 cm³/mol. The van der Waals surface area contributed by atoms with Gasteiger partial charge in [0, 0.05) is 57.1 Å². The fraction of sp³-hybridized carbons (Fsp3) is 0.361. The summed E-state index contributed by atoms with van der Waals surface area (Å²) in [4.78, 5) is 7.98. The highest BCUT2D eigenvalue weighted by molar-refractivity contribution is 7.89. The number of nitrogens with zero attached hydrogens (tertiary/aromatic N) is 4. The Morgan fingerprint density at radius 2 is 0.475 bits per heavy atom. The van der Waals surface area contributed by atoms with Gasteiger partial charge < -0.3 is 10.2 Å². The van der Waals surface area contributed by atoms with Gasteiger partial charge in [0.2, 0.25) is 10.0 Å². The molecule has 3 heterocycles. The maximum absolute atomic E-state index is 13.5. The number of benzene rings is 13. The van der Waals surface area contributed by atoms with Gasteiger partial charge in [-0.1, -0.05) is 320 Å². The van der Waals surface area contributed by atoms with Crippen LogP contribution in [0.15, 0.2) is 351 Å². The van der Waals surface area contributed by atoms with Crippen LogP contribution in [0, 0.1) is 70.2 Å². The van der Waals surface area contributed by atoms with E-state index in [0.29, 0.717) is 53.0 Å². The molecule has 7 fully saturated rings. The van der Waals surface area contributed by atoms with Crippen LogP contribution >= 0.6 is 0 Å². The molecule has 139 heavy (non-hydrogen) atoms. The smallest absolute Gasteiger partial charge is 0.243 e. The number of rotatable bonds is 21. The van der Waals surface area contributed by atoms with Gasteiger partial charge in [0.1, 0.15) is 57.7 Å². The first kappa shape index (κ1) is 102. The number of piperidine rings is 2. The van der Waals surface area contributed by atoms with Crippen molar-refractivity contribution in [2.75, 3.05) is 52.4 Å². The van der Waals surface area contributed by atoms with Crippen LogP contribution in [0.25, 0.3) is 0 Å². The summed E-state index contributed by atoms with van der Waals surface area (Å²) in [5.74, 6) is -0.408. The van der Waals surface area contributed by atoms with Crippen LogP contribution < -0.4 is 0 Å². The molecule has 3 saturated heterocycles. The standard InChI is InChI=1S/C24H23F2NO3S.C23H28F2N2.C19H20F2O.C19H20F2.C19H22.C18H21N/c25-21-10-6-18(7-11-21)24(28,19-8-12-22(26)13-9-19)20-14-16-27(17-15-20)31(29,30)23-4-2-1-3-5-23;24-20-10-6-18(7-11-20)23(19-8-12-21(25)13-9-19)27-16-14-26(15-17-27)22-4-2-1-3-5-22;20-17-10-6-15(7-11-17)19(22,14-4-2-1-3-5-14)16-8-12-18(21)13-9-16;20-17-10-6-15(7-11-17)19(14-4-2-1-3-5-14)16-8-12-18(21)13-9-16;1-4-10-16(11-5-1)19(17-12-6-2-7-13-17)18-14-8-3-9-15-18;1-4-10-16(11-5-1)18(17-12-6-2-7-13-17)19-14-8-3-9-15-19/h1-13,20,28H,14-17H2;6-13,22-23H,1-5,14-17H2;6-14,22H,1-5H2;6-14,19H,1-5H2;1-2,4-7,10-13,18-19H,3,8-9,14-15H2;1-2,4-7,10-13,18H,3,8-9,14-15H2. The van der Waals surface area contributed by atoms with Gasteiger partial charge in [-0.15, -0.1) is 0 Å². The van der Waals surface area contributed by atoms with E-state index in [1.165, 1.54) is 283 Å². The third-order valence-electron chi connectivity index (χ3n) is 29.9. The van der Waals surface area contributed by atoms with Crippen molar-refractivity contribution in [1.29, 1.82) is 0 Å². The molecular formula is C122H134F8N4O4S. The lowest BCUT2D eigenvalue weighted by Gasteiger charge is -2.43. The third kappa shape index (κ3) is 27.4. The van der Waals surface area contributed by atoms with Crippen molar-refractivity contribution in [2.45, 2.75) is 207 Å². The summed E-state index contributed by atoms with van der Waals surface area (Å²) in [6.45, 7) is 7.03. The fourth-order valence-electron chi connectivity index (χ4n) is 22.7. The molecule has 3 aliphatic heterocycles. The number of sulfonamides is 1. The topological polar surface area (TPSA) is 87.6 Å². The Hall–Kier alpha value is -11.0. The van der Waals surface area contributed by atoms with Gasteiger partial charge >= 0.3 is 0 Å². The second-order valence-corrected chi connectivity index (χ2v) is 40.7. The molecule has 13 aromatic carbocycles. The van der Waals surface area contributed by atoms with Crippen LogP contribution in [0.4, 0.5) is 35.1 Å². The highest BCUT2D eigenvalue weighted by Gasteiger charge is 2.45. The van der Waals surface area contributed by atoms with Crippen molar-refractivity contribution in [1.82, 2.24) is 19.0 Å². The molecule has 7 aliphatic rings. The molecule has 728 valence electrons. The quantitative estimate of drug-likeness (QED) is 0.0693. The molecule has 0 unspecified atom stereocenters. The fourth-order valence-corrected chi connectivity index (χ4v) is 24.2. The number of piperazine rings is 1. The second-order valence-electron chi connectivity index (χ2n) is 38.8. The largest absolute Gasteiger partial charge is 0.380 e. The first-order valence-electron chi connectivity index (χ1n) is 50.7. The van der Waals surface area contributed by atoms with E-state index < -0.39 is 32.9 Å². The van der Waals surface area contributed by atoms with Crippen LogP contribution in [-0.2, 0) is 21.2 Å². The Morgan fingerprint density at radius 1 is 0.237 bits per heavy atom. The van der Waals surface area contributed by atoms with Gasteiger partial charge in [-0.2, -0.15) is 4.31 Å². The summed E-state index contributed by atoms with van der Waals surface area (Å²) in [5, 5.41) is 23.4. The highest BCUT2D eigenvalue weighted by Crippen LogP contribution is 2.48. The van der Waals surface area contributed by atoms with Gasteiger partial charge in [-0.25, -0.2) is 43.5 Å². The summed E-state index contributed by atoms with van der Waals surface area (Å²) in [6.07, 6.45) is 30.0. The Kier molecular flexibility index (Phi) is 37.5. The highest BCUT2D eigenvalue weighted by atomic mass is 32.2. The second kappa shape index (κ2) is 50.9. The van der Waals surface area contributed by atoms with E-state index >= 15 is 0 Å². The van der Waals surface area contributed by atoms with E-state index in [4.69, 9.17) is 0 Å². The number of hydrogen-bond acceptors (Lipinski definition) is 7. The minimum absolute atomic E-state index is 0.0414. The zero-order chi connectivity index (χ0) is 96.8. The Balaban J connectivity index is 0.000000127. The Morgan fingerprint density at radius 3 is 0.791 bits per heavy atom. The number of hydrogen-bond donors (Lipinski definition) is 2. The van der Waals surface area contributed by atoms with Crippen molar-refractivity contribution in [3.05, 3.63) is 459 Å². The molecule has 0 amide bonds. The molecule has 2 N–H and O–H groups in total. The van der Waals surface area contributed by atoms with Crippen LogP contribution in [0.5, 0.6) is 0 Å². The number of aliphatic hydroxyl groups is 2. The predicted octanol–water partition coefficient (Wildman–Crippen LogP) is 29.4. The lowest BCUT2D eigenvalue weighted by atomic mass is 9.70. The van der Waals surface area contributed by atoms with E-state index in [9.17, 15) is 53.8 Å². The molecule has 13 aromatic rings. The molecule has 8 nitrogen and oxygen atoms in total. The summed E-state index contributed by atoms with van der Waals surface area (Å²) in [7, 11) is -3.62. The Labute approximate surface area is 819 Å². The molecule has 0 atom stereocenters. The van der Waals surface area contributed by atoms with Crippen LogP contribution in [0.3, 0.4) is 0 Å². The van der Waals surface area contributed by atoms with Crippen molar-refractivity contribution in [3.8, 4) is 0 Å². The lowest BCUT2D eigenvalue weighted by molar-refractivity contribution is -0.00541. The van der Waals surface area contributed by atoms with Gasteiger partial charge in [0.25, 0.3) is 0 Å². The molecule has 0 aromatic heterocycles.